The fraction of sp³-hybridized carbons (Fsp3) is 0.444. The number of carbonyl (C=O) groups is 1. The Kier molecular flexibility index (Phi) is 5.88. The maximum atomic E-state index is 12.1. The summed E-state index contributed by atoms with van der Waals surface area (Å²) in [6.07, 6.45) is 6.50. The highest BCUT2D eigenvalue weighted by molar-refractivity contribution is 6.30. The number of aromatic nitrogens is 2. The van der Waals surface area contributed by atoms with Gasteiger partial charge in [0.2, 0.25) is 5.91 Å². The molecule has 1 amide bonds. The Morgan fingerprint density at radius 1 is 1.46 bits per heavy atom. The summed E-state index contributed by atoms with van der Waals surface area (Å²) < 4.78 is 0. The Labute approximate surface area is 147 Å². The third-order valence-electron chi connectivity index (χ3n) is 4.45. The summed E-state index contributed by atoms with van der Waals surface area (Å²) >= 11 is 5.95. The highest BCUT2D eigenvalue weighted by Crippen LogP contribution is 2.24. The first-order valence-corrected chi connectivity index (χ1v) is 8.81. The maximum absolute atomic E-state index is 12.1. The average molecular weight is 347 g/mol. The van der Waals surface area contributed by atoms with Crippen molar-refractivity contribution in [2.45, 2.75) is 31.7 Å². The van der Waals surface area contributed by atoms with Gasteiger partial charge in [-0.25, -0.2) is 4.98 Å². The monoisotopic (exact) mass is 346 g/mol. The zero-order valence-electron chi connectivity index (χ0n) is 13.7. The molecular formula is C18H23ClN4O. The van der Waals surface area contributed by atoms with Crippen LogP contribution in [0.1, 0.15) is 36.6 Å². The molecule has 5 nitrogen and oxygen atoms in total. The van der Waals surface area contributed by atoms with Crippen LogP contribution in [0.15, 0.2) is 36.7 Å². The van der Waals surface area contributed by atoms with Gasteiger partial charge in [0.25, 0.3) is 0 Å². The summed E-state index contributed by atoms with van der Waals surface area (Å²) in [7, 11) is 0. The molecule has 2 heterocycles. The highest BCUT2D eigenvalue weighted by atomic mass is 35.5. The minimum Gasteiger partial charge on any atom is -0.352 e. The lowest BCUT2D eigenvalue weighted by Crippen LogP contribution is -2.37. The van der Waals surface area contributed by atoms with Crippen molar-refractivity contribution in [3.63, 3.8) is 0 Å². The average Bonchev–Trinajstić information content (AvgIpc) is 3.13. The van der Waals surface area contributed by atoms with E-state index in [0.717, 1.165) is 43.9 Å². The molecule has 0 spiro atoms. The van der Waals surface area contributed by atoms with Crippen molar-refractivity contribution in [2.75, 3.05) is 19.6 Å². The first-order valence-electron chi connectivity index (χ1n) is 8.43. The summed E-state index contributed by atoms with van der Waals surface area (Å²) in [5.41, 5.74) is 1.02. The normalized spacial score (nSPS) is 18.5. The number of H-pyrrole nitrogens is 1. The Balaban J connectivity index is 1.41. The second kappa shape index (κ2) is 8.31. The second-order valence-electron chi connectivity index (χ2n) is 6.27. The summed E-state index contributed by atoms with van der Waals surface area (Å²) in [6, 6.07) is 7.57. The molecule has 1 aromatic carbocycles. The lowest BCUT2D eigenvalue weighted by atomic mass is 9.97. The number of aromatic amines is 1. The van der Waals surface area contributed by atoms with E-state index in [1.807, 2.05) is 30.5 Å². The van der Waals surface area contributed by atoms with E-state index >= 15 is 0 Å². The van der Waals surface area contributed by atoms with Crippen LogP contribution in [-0.2, 0) is 11.3 Å². The van der Waals surface area contributed by atoms with Gasteiger partial charge < -0.3 is 15.2 Å². The maximum Gasteiger partial charge on any atom is 0.221 e. The molecule has 1 atom stereocenters. The van der Waals surface area contributed by atoms with E-state index in [-0.39, 0.29) is 5.91 Å². The van der Waals surface area contributed by atoms with Crippen LogP contribution in [-0.4, -0.2) is 40.4 Å². The van der Waals surface area contributed by atoms with Crippen LogP contribution in [0.4, 0.5) is 0 Å². The quantitative estimate of drug-likeness (QED) is 0.845. The Bertz CT molecular complexity index is 659. The van der Waals surface area contributed by atoms with E-state index in [9.17, 15) is 4.79 Å². The molecule has 0 bridgehead atoms. The number of amides is 1. The standard InChI is InChI=1S/C18H23ClN4O/c19-16-5-1-3-14(11-16)12-22-17(24)6-10-23-9-2-4-15(13-23)18-20-7-8-21-18/h1,3,5,7-8,11,15H,2,4,6,9-10,12-13H2,(H,20,21)(H,22,24)/t15-/m0/s1. The van der Waals surface area contributed by atoms with Gasteiger partial charge in [-0.05, 0) is 37.1 Å². The topological polar surface area (TPSA) is 61.0 Å². The summed E-state index contributed by atoms with van der Waals surface area (Å²) in [5, 5.41) is 3.66. The molecule has 6 heteroatoms. The number of piperidine rings is 1. The molecule has 24 heavy (non-hydrogen) atoms. The molecule has 1 fully saturated rings. The molecule has 1 saturated heterocycles. The summed E-state index contributed by atoms with van der Waals surface area (Å²) in [5.74, 6) is 1.59. The van der Waals surface area contributed by atoms with Crippen LogP contribution in [0.2, 0.25) is 5.02 Å². The van der Waals surface area contributed by atoms with Crippen LogP contribution in [0.3, 0.4) is 0 Å². The molecule has 2 aromatic rings. The number of rotatable bonds is 6. The van der Waals surface area contributed by atoms with Gasteiger partial charge in [0.05, 0.1) is 0 Å². The second-order valence-corrected chi connectivity index (χ2v) is 6.71. The van der Waals surface area contributed by atoms with Crippen molar-refractivity contribution in [1.82, 2.24) is 20.2 Å². The Hall–Kier alpha value is -1.85. The highest BCUT2D eigenvalue weighted by Gasteiger charge is 2.23. The van der Waals surface area contributed by atoms with Crippen molar-refractivity contribution < 1.29 is 4.79 Å². The number of nitrogens with zero attached hydrogens (tertiary/aromatic N) is 2. The van der Waals surface area contributed by atoms with Crippen molar-refractivity contribution in [3.8, 4) is 0 Å². The van der Waals surface area contributed by atoms with Gasteiger partial charge in [0, 0.05) is 49.4 Å². The first kappa shape index (κ1) is 17.0. The fourth-order valence-corrected chi connectivity index (χ4v) is 3.39. The van der Waals surface area contributed by atoms with Crippen LogP contribution in [0, 0.1) is 0 Å². The number of hydrogen-bond donors (Lipinski definition) is 2. The van der Waals surface area contributed by atoms with E-state index in [4.69, 9.17) is 11.6 Å². The Morgan fingerprint density at radius 2 is 2.38 bits per heavy atom. The summed E-state index contributed by atoms with van der Waals surface area (Å²) in [4.78, 5) is 22.0. The predicted molar refractivity (Wildman–Crippen MR) is 94.9 cm³/mol. The molecule has 3 rings (SSSR count). The van der Waals surface area contributed by atoms with Crippen molar-refractivity contribution >= 4 is 17.5 Å². The fourth-order valence-electron chi connectivity index (χ4n) is 3.18. The van der Waals surface area contributed by atoms with Crippen LogP contribution in [0.25, 0.3) is 0 Å². The molecule has 0 saturated carbocycles. The van der Waals surface area contributed by atoms with Gasteiger partial charge in [-0.3, -0.25) is 4.79 Å². The molecule has 2 N–H and O–H groups in total. The third-order valence-corrected chi connectivity index (χ3v) is 4.68. The van der Waals surface area contributed by atoms with Crippen molar-refractivity contribution in [2.24, 2.45) is 0 Å². The van der Waals surface area contributed by atoms with Gasteiger partial charge in [0.1, 0.15) is 5.82 Å². The van der Waals surface area contributed by atoms with Crippen LogP contribution < -0.4 is 5.32 Å². The molecule has 0 radical (unpaired) electrons. The van der Waals surface area contributed by atoms with E-state index in [0.29, 0.717) is 23.9 Å². The zero-order chi connectivity index (χ0) is 16.8. The van der Waals surface area contributed by atoms with Crippen molar-refractivity contribution in [3.05, 3.63) is 53.1 Å². The van der Waals surface area contributed by atoms with E-state index < -0.39 is 0 Å². The first-order chi connectivity index (χ1) is 11.7. The van der Waals surface area contributed by atoms with E-state index in [2.05, 4.69) is 20.2 Å². The SMILES string of the molecule is O=C(CCN1CCC[C@H](c2ncc[nH]2)C1)NCc1cccc(Cl)c1. The molecule has 1 aromatic heterocycles. The number of carbonyl (C=O) groups excluding carboxylic acids is 1. The molecule has 128 valence electrons. The third kappa shape index (κ3) is 4.82. The number of hydrogen-bond acceptors (Lipinski definition) is 3. The number of likely N-dealkylation sites (tertiary alicyclic amines) is 1. The van der Waals surface area contributed by atoms with Crippen LogP contribution in [0.5, 0.6) is 0 Å². The van der Waals surface area contributed by atoms with Gasteiger partial charge in [0.15, 0.2) is 0 Å². The predicted octanol–water partition coefficient (Wildman–Crippen LogP) is 2.95. The van der Waals surface area contributed by atoms with Crippen LogP contribution >= 0.6 is 11.6 Å². The van der Waals surface area contributed by atoms with E-state index in [1.54, 1.807) is 6.20 Å². The van der Waals surface area contributed by atoms with Gasteiger partial charge in [-0.2, -0.15) is 0 Å². The number of imidazole rings is 1. The minimum atomic E-state index is 0.0788. The molecular weight excluding hydrogens is 324 g/mol. The van der Waals surface area contributed by atoms with Gasteiger partial charge >= 0.3 is 0 Å². The number of halogens is 1. The van der Waals surface area contributed by atoms with Gasteiger partial charge in [-0.1, -0.05) is 23.7 Å². The molecule has 0 aliphatic carbocycles. The smallest absolute Gasteiger partial charge is 0.221 e. The lowest BCUT2D eigenvalue weighted by molar-refractivity contribution is -0.121. The largest absolute Gasteiger partial charge is 0.352 e. The molecule has 1 aliphatic rings. The molecule has 1 aliphatic heterocycles. The van der Waals surface area contributed by atoms with E-state index in [1.165, 1.54) is 0 Å². The lowest BCUT2D eigenvalue weighted by Gasteiger charge is -2.31. The zero-order valence-corrected chi connectivity index (χ0v) is 14.4. The number of nitrogens with one attached hydrogen (secondary N) is 2. The van der Waals surface area contributed by atoms with Gasteiger partial charge in [-0.15, -0.1) is 0 Å². The molecule has 0 unspecified atom stereocenters. The minimum absolute atomic E-state index is 0.0788. The Morgan fingerprint density at radius 3 is 3.17 bits per heavy atom. The summed E-state index contributed by atoms with van der Waals surface area (Å²) in [6.45, 7) is 3.33. The number of benzene rings is 1. The van der Waals surface area contributed by atoms with Crippen molar-refractivity contribution in [1.29, 1.82) is 0 Å².